The normalized spacial score (nSPS) is 22.8. The maximum absolute atomic E-state index is 12.8. The number of rotatable bonds is 4. The number of anilines is 1. The van der Waals surface area contributed by atoms with Crippen LogP contribution < -0.4 is 5.32 Å². The zero-order valence-electron chi connectivity index (χ0n) is 16.9. The van der Waals surface area contributed by atoms with E-state index < -0.39 is 30.3 Å². The predicted molar refractivity (Wildman–Crippen MR) is 105 cm³/mol. The number of urea groups is 1. The lowest BCUT2D eigenvalue weighted by Gasteiger charge is -2.34. The van der Waals surface area contributed by atoms with Crippen LogP contribution in [-0.4, -0.2) is 46.1 Å². The molecule has 150 valence electrons. The highest BCUT2D eigenvalue weighted by molar-refractivity contribution is 6.45. The van der Waals surface area contributed by atoms with E-state index in [1.807, 2.05) is 39.8 Å². The van der Waals surface area contributed by atoms with Gasteiger partial charge < -0.3 is 5.32 Å². The molecule has 0 bridgehead atoms. The summed E-state index contributed by atoms with van der Waals surface area (Å²) < 4.78 is 0. The van der Waals surface area contributed by atoms with E-state index in [9.17, 15) is 19.2 Å². The van der Waals surface area contributed by atoms with E-state index in [-0.39, 0.29) is 12.0 Å². The number of carbonyl (C=O) groups is 4. The Balaban J connectivity index is 1.73. The number of amides is 5. The molecule has 2 fully saturated rings. The summed E-state index contributed by atoms with van der Waals surface area (Å²) in [6.07, 6.45) is 3.60. The van der Waals surface area contributed by atoms with Gasteiger partial charge >= 0.3 is 17.8 Å². The van der Waals surface area contributed by atoms with Gasteiger partial charge in [0.25, 0.3) is 0 Å². The molecule has 0 radical (unpaired) electrons. The SMILES string of the molecule is Cc1cc(C)c(NC(=O)CN2C(=O)C(=O)N([C@@H]3CCCC[C@H]3C)C2=O)c(C)c1. The van der Waals surface area contributed by atoms with E-state index in [0.717, 1.165) is 45.8 Å². The second kappa shape index (κ2) is 7.73. The van der Waals surface area contributed by atoms with E-state index >= 15 is 0 Å². The van der Waals surface area contributed by atoms with Crippen molar-refractivity contribution in [1.82, 2.24) is 9.80 Å². The Morgan fingerprint density at radius 3 is 2.25 bits per heavy atom. The summed E-state index contributed by atoms with van der Waals surface area (Å²) in [6.45, 7) is 7.27. The quantitative estimate of drug-likeness (QED) is 0.638. The Morgan fingerprint density at radius 1 is 1.04 bits per heavy atom. The molecule has 1 heterocycles. The number of hydrogen-bond acceptors (Lipinski definition) is 4. The summed E-state index contributed by atoms with van der Waals surface area (Å²) in [7, 11) is 0. The molecule has 1 saturated heterocycles. The molecule has 1 saturated carbocycles. The molecule has 0 spiro atoms. The Hall–Kier alpha value is -2.70. The molecule has 1 aromatic carbocycles. The van der Waals surface area contributed by atoms with Gasteiger partial charge in [0.2, 0.25) is 5.91 Å². The fourth-order valence-electron chi connectivity index (χ4n) is 4.33. The highest BCUT2D eigenvalue weighted by Gasteiger charge is 2.49. The number of nitrogens with one attached hydrogen (secondary N) is 1. The maximum Gasteiger partial charge on any atom is 0.334 e. The van der Waals surface area contributed by atoms with E-state index in [4.69, 9.17) is 0 Å². The smallest absolute Gasteiger partial charge is 0.324 e. The van der Waals surface area contributed by atoms with Crippen molar-refractivity contribution in [3.05, 3.63) is 28.8 Å². The van der Waals surface area contributed by atoms with Crippen molar-refractivity contribution in [2.24, 2.45) is 5.92 Å². The fourth-order valence-corrected chi connectivity index (χ4v) is 4.33. The van der Waals surface area contributed by atoms with Gasteiger partial charge in [-0.15, -0.1) is 0 Å². The third-order valence-electron chi connectivity index (χ3n) is 5.72. The summed E-state index contributed by atoms with van der Waals surface area (Å²) in [6, 6.07) is 2.95. The van der Waals surface area contributed by atoms with Crippen molar-refractivity contribution >= 4 is 29.4 Å². The molecule has 1 aliphatic carbocycles. The monoisotopic (exact) mass is 385 g/mol. The zero-order valence-corrected chi connectivity index (χ0v) is 16.9. The van der Waals surface area contributed by atoms with Gasteiger partial charge in [-0.2, -0.15) is 0 Å². The number of carbonyl (C=O) groups excluding carboxylic acids is 4. The van der Waals surface area contributed by atoms with E-state index in [2.05, 4.69) is 5.32 Å². The van der Waals surface area contributed by atoms with Crippen LogP contribution in [0.15, 0.2) is 12.1 Å². The van der Waals surface area contributed by atoms with Crippen molar-refractivity contribution in [2.75, 3.05) is 11.9 Å². The Kier molecular flexibility index (Phi) is 5.54. The van der Waals surface area contributed by atoms with Crippen LogP contribution in [0.25, 0.3) is 0 Å². The van der Waals surface area contributed by atoms with Crippen LogP contribution in [0.5, 0.6) is 0 Å². The highest BCUT2D eigenvalue weighted by atomic mass is 16.2. The van der Waals surface area contributed by atoms with Crippen LogP contribution in [0.1, 0.15) is 49.3 Å². The first-order valence-electron chi connectivity index (χ1n) is 9.77. The minimum atomic E-state index is -0.921. The number of imide groups is 2. The first-order chi connectivity index (χ1) is 13.2. The van der Waals surface area contributed by atoms with Crippen molar-refractivity contribution in [2.45, 2.75) is 59.4 Å². The molecule has 2 atom stereocenters. The van der Waals surface area contributed by atoms with Crippen LogP contribution in [0, 0.1) is 26.7 Å². The molecule has 0 unspecified atom stereocenters. The van der Waals surface area contributed by atoms with Crippen molar-refractivity contribution in [1.29, 1.82) is 0 Å². The Bertz CT molecular complexity index is 825. The van der Waals surface area contributed by atoms with Gasteiger partial charge in [-0.3, -0.25) is 19.3 Å². The van der Waals surface area contributed by atoms with Crippen molar-refractivity contribution < 1.29 is 19.2 Å². The van der Waals surface area contributed by atoms with Gasteiger partial charge in [0.1, 0.15) is 6.54 Å². The second-order valence-electron chi connectivity index (χ2n) is 8.00. The molecular formula is C21H27N3O4. The van der Waals surface area contributed by atoms with Gasteiger partial charge in [0, 0.05) is 11.7 Å². The molecule has 5 amide bonds. The van der Waals surface area contributed by atoms with Crippen molar-refractivity contribution in [3.8, 4) is 0 Å². The van der Waals surface area contributed by atoms with Crippen LogP contribution in [0.3, 0.4) is 0 Å². The van der Waals surface area contributed by atoms with Gasteiger partial charge in [0.15, 0.2) is 0 Å². The highest BCUT2D eigenvalue weighted by Crippen LogP contribution is 2.31. The number of benzene rings is 1. The average Bonchev–Trinajstić information content (AvgIpc) is 2.82. The molecule has 7 nitrogen and oxygen atoms in total. The zero-order chi connectivity index (χ0) is 20.6. The average molecular weight is 385 g/mol. The topological polar surface area (TPSA) is 86.8 Å². The van der Waals surface area contributed by atoms with Crippen LogP contribution in [0.4, 0.5) is 10.5 Å². The molecule has 1 aliphatic heterocycles. The summed E-state index contributed by atoms with van der Waals surface area (Å²) in [4.78, 5) is 51.9. The predicted octanol–water partition coefficient (Wildman–Crippen LogP) is 2.92. The largest absolute Gasteiger partial charge is 0.334 e. The molecule has 28 heavy (non-hydrogen) atoms. The summed E-state index contributed by atoms with van der Waals surface area (Å²) in [5.74, 6) is -2.08. The molecule has 2 aliphatic rings. The molecule has 1 N–H and O–H groups in total. The van der Waals surface area contributed by atoms with Gasteiger partial charge in [-0.1, -0.05) is 37.5 Å². The lowest BCUT2D eigenvalue weighted by molar-refractivity contribution is -0.145. The number of hydrogen-bond donors (Lipinski definition) is 1. The molecule has 1 aromatic rings. The van der Waals surface area contributed by atoms with Crippen LogP contribution in [0.2, 0.25) is 0 Å². The summed E-state index contributed by atoms with van der Waals surface area (Å²) in [5.41, 5.74) is 3.55. The number of nitrogens with zero attached hydrogens (tertiary/aromatic N) is 2. The minimum Gasteiger partial charge on any atom is -0.324 e. The maximum atomic E-state index is 12.8. The van der Waals surface area contributed by atoms with E-state index in [1.54, 1.807) is 0 Å². The first-order valence-corrected chi connectivity index (χ1v) is 9.77. The molecule has 0 aromatic heterocycles. The molecule has 7 heteroatoms. The van der Waals surface area contributed by atoms with Gasteiger partial charge in [-0.25, -0.2) is 9.69 Å². The first kappa shape index (κ1) is 20.0. The Labute approximate surface area is 165 Å². The minimum absolute atomic E-state index is 0.154. The summed E-state index contributed by atoms with van der Waals surface area (Å²) >= 11 is 0. The number of aryl methyl sites for hydroxylation is 3. The lowest BCUT2D eigenvalue weighted by Crippen LogP contribution is -2.46. The van der Waals surface area contributed by atoms with Gasteiger partial charge in [-0.05, 0) is 50.7 Å². The third kappa shape index (κ3) is 3.66. The standard InChI is InChI=1S/C21H27N3O4/c1-12-9-14(3)18(15(4)10-12)22-17(25)11-23-19(26)20(27)24(21(23)28)16-8-6-5-7-13(16)2/h9-10,13,16H,5-8,11H2,1-4H3,(H,22,25)/t13-,16-/m1/s1. The Morgan fingerprint density at radius 2 is 1.64 bits per heavy atom. The van der Waals surface area contributed by atoms with Crippen molar-refractivity contribution in [3.63, 3.8) is 0 Å². The van der Waals surface area contributed by atoms with E-state index in [1.165, 1.54) is 0 Å². The molecule has 3 rings (SSSR count). The van der Waals surface area contributed by atoms with E-state index in [0.29, 0.717) is 12.1 Å². The van der Waals surface area contributed by atoms with Gasteiger partial charge in [0.05, 0.1) is 0 Å². The lowest BCUT2D eigenvalue weighted by atomic mass is 9.85. The molecular weight excluding hydrogens is 358 g/mol. The summed E-state index contributed by atoms with van der Waals surface area (Å²) in [5, 5.41) is 2.78. The second-order valence-corrected chi connectivity index (χ2v) is 8.00. The third-order valence-corrected chi connectivity index (χ3v) is 5.72. The fraction of sp³-hybridized carbons (Fsp3) is 0.524. The van der Waals surface area contributed by atoms with Crippen LogP contribution >= 0.6 is 0 Å². The van der Waals surface area contributed by atoms with Crippen LogP contribution in [-0.2, 0) is 14.4 Å².